The number of aromatic nitrogens is 2. The Bertz CT molecular complexity index is 741. The number of fused-ring (bicyclic) bond motifs is 1. The van der Waals surface area contributed by atoms with E-state index in [4.69, 9.17) is 4.74 Å². The zero-order valence-corrected chi connectivity index (χ0v) is 14.7. The summed E-state index contributed by atoms with van der Waals surface area (Å²) in [6, 6.07) is 10.5. The van der Waals surface area contributed by atoms with Crippen molar-refractivity contribution in [1.29, 1.82) is 0 Å². The molecule has 3 heterocycles. The third kappa shape index (κ3) is 3.33. The predicted octanol–water partition coefficient (Wildman–Crippen LogP) is 2.44. The van der Waals surface area contributed by atoms with Crippen LogP contribution in [0.15, 0.2) is 36.7 Å². The summed E-state index contributed by atoms with van der Waals surface area (Å²) in [6.07, 6.45) is 4.70. The lowest BCUT2D eigenvalue weighted by atomic mass is 9.99. The normalized spacial score (nSPS) is 22.8. The Morgan fingerprint density at radius 3 is 2.92 bits per heavy atom. The van der Waals surface area contributed by atoms with Crippen LogP contribution in [0.1, 0.15) is 30.3 Å². The summed E-state index contributed by atoms with van der Waals surface area (Å²) in [7, 11) is 0. The van der Waals surface area contributed by atoms with E-state index in [1.165, 1.54) is 11.3 Å². The molecule has 1 aromatic heterocycles. The Balaban J connectivity index is 1.41. The minimum atomic E-state index is 0.0155. The standard InChI is InChI=1S/C20H25N3O2/c1-15-17(9-12-25-15)20(24)22-11-8-19-18(13-22)21-14-23(19)10-7-16-5-3-2-4-6-16/h2-6,14-15,17H,7-13H2,1H3/t15-,17+/m1/s1. The minimum Gasteiger partial charge on any atom is -0.378 e. The van der Waals surface area contributed by atoms with Gasteiger partial charge in [-0.25, -0.2) is 4.98 Å². The molecule has 1 amide bonds. The fourth-order valence-electron chi connectivity index (χ4n) is 3.94. The maximum Gasteiger partial charge on any atom is 0.228 e. The van der Waals surface area contributed by atoms with Crippen LogP contribution in [0.2, 0.25) is 0 Å². The van der Waals surface area contributed by atoms with E-state index >= 15 is 0 Å². The Kier molecular flexibility index (Phi) is 4.57. The first-order valence-corrected chi connectivity index (χ1v) is 9.19. The molecule has 25 heavy (non-hydrogen) atoms. The topological polar surface area (TPSA) is 47.4 Å². The van der Waals surface area contributed by atoms with Gasteiger partial charge >= 0.3 is 0 Å². The van der Waals surface area contributed by atoms with Crippen molar-refractivity contribution in [1.82, 2.24) is 14.5 Å². The summed E-state index contributed by atoms with van der Waals surface area (Å²) in [5.74, 6) is 0.246. The molecule has 0 aliphatic carbocycles. The number of benzene rings is 1. The number of nitrogens with zero attached hydrogens (tertiary/aromatic N) is 3. The molecule has 2 atom stereocenters. The fourth-order valence-corrected chi connectivity index (χ4v) is 3.94. The molecule has 5 heteroatoms. The quantitative estimate of drug-likeness (QED) is 0.859. The van der Waals surface area contributed by atoms with Gasteiger partial charge in [0.05, 0.1) is 30.6 Å². The first-order valence-electron chi connectivity index (χ1n) is 9.19. The lowest BCUT2D eigenvalue weighted by Gasteiger charge is -2.30. The number of aryl methyl sites for hydroxylation is 2. The van der Waals surface area contributed by atoms with Crippen LogP contribution < -0.4 is 0 Å². The number of hydrogen-bond acceptors (Lipinski definition) is 3. The number of carbonyl (C=O) groups excluding carboxylic acids is 1. The molecule has 4 rings (SSSR count). The van der Waals surface area contributed by atoms with E-state index in [2.05, 4.69) is 33.8 Å². The van der Waals surface area contributed by atoms with Gasteiger partial charge in [0.15, 0.2) is 0 Å². The molecule has 2 aliphatic heterocycles. The second kappa shape index (κ2) is 7.00. The molecular formula is C20H25N3O2. The summed E-state index contributed by atoms with van der Waals surface area (Å²) < 4.78 is 7.81. The van der Waals surface area contributed by atoms with Gasteiger partial charge in [0.25, 0.3) is 0 Å². The second-order valence-corrected chi connectivity index (χ2v) is 7.05. The van der Waals surface area contributed by atoms with Gasteiger partial charge in [0.2, 0.25) is 5.91 Å². The smallest absolute Gasteiger partial charge is 0.228 e. The SMILES string of the molecule is C[C@H]1OCC[C@@H]1C(=O)N1CCc2c(ncn2CCc2ccccc2)C1. The predicted molar refractivity (Wildman–Crippen MR) is 95.0 cm³/mol. The number of hydrogen-bond donors (Lipinski definition) is 0. The number of amides is 1. The molecule has 0 bridgehead atoms. The van der Waals surface area contributed by atoms with E-state index in [9.17, 15) is 4.79 Å². The van der Waals surface area contributed by atoms with Crippen molar-refractivity contribution < 1.29 is 9.53 Å². The van der Waals surface area contributed by atoms with Crippen molar-refractivity contribution >= 4 is 5.91 Å². The summed E-state index contributed by atoms with van der Waals surface area (Å²) in [5, 5.41) is 0. The molecule has 5 nitrogen and oxygen atoms in total. The Morgan fingerprint density at radius 1 is 1.32 bits per heavy atom. The van der Waals surface area contributed by atoms with Crippen LogP contribution in [0.3, 0.4) is 0 Å². The van der Waals surface area contributed by atoms with E-state index in [-0.39, 0.29) is 17.9 Å². The van der Waals surface area contributed by atoms with E-state index in [1.807, 2.05) is 24.2 Å². The van der Waals surface area contributed by atoms with Crippen LogP contribution in [-0.4, -0.2) is 39.6 Å². The summed E-state index contributed by atoms with van der Waals surface area (Å²) in [5.41, 5.74) is 3.68. The van der Waals surface area contributed by atoms with Gasteiger partial charge in [-0.05, 0) is 25.3 Å². The average Bonchev–Trinajstić information content (AvgIpc) is 3.25. The maximum atomic E-state index is 12.7. The molecule has 0 unspecified atom stereocenters. The average molecular weight is 339 g/mol. The number of carbonyl (C=O) groups is 1. The van der Waals surface area contributed by atoms with Crippen LogP contribution >= 0.6 is 0 Å². The van der Waals surface area contributed by atoms with Crippen molar-refractivity contribution in [3.8, 4) is 0 Å². The molecule has 0 N–H and O–H groups in total. The molecule has 0 radical (unpaired) electrons. The van der Waals surface area contributed by atoms with Crippen molar-refractivity contribution in [2.24, 2.45) is 5.92 Å². The van der Waals surface area contributed by atoms with E-state index in [1.54, 1.807) is 0 Å². The van der Waals surface area contributed by atoms with Crippen LogP contribution in [0, 0.1) is 5.92 Å². The molecule has 0 spiro atoms. The lowest BCUT2D eigenvalue weighted by Crippen LogP contribution is -2.42. The van der Waals surface area contributed by atoms with Gasteiger partial charge in [0.1, 0.15) is 0 Å². The molecule has 132 valence electrons. The van der Waals surface area contributed by atoms with E-state index < -0.39 is 0 Å². The van der Waals surface area contributed by atoms with Gasteiger partial charge in [-0.3, -0.25) is 4.79 Å². The largest absolute Gasteiger partial charge is 0.378 e. The Morgan fingerprint density at radius 2 is 2.16 bits per heavy atom. The minimum absolute atomic E-state index is 0.0155. The van der Waals surface area contributed by atoms with E-state index in [0.717, 1.165) is 38.0 Å². The molecule has 0 saturated carbocycles. The number of ether oxygens (including phenoxy) is 1. The monoisotopic (exact) mass is 339 g/mol. The lowest BCUT2D eigenvalue weighted by molar-refractivity contribution is -0.138. The molecular weight excluding hydrogens is 314 g/mol. The van der Waals surface area contributed by atoms with Crippen LogP contribution in [0.25, 0.3) is 0 Å². The Labute approximate surface area is 148 Å². The zero-order chi connectivity index (χ0) is 17.2. The third-order valence-corrected chi connectivity index (χ3v) is 5.48. The highest BCUT2D eigenvalue weighted by Gasteiger charge is 2.35. The van der Waals surface area contributed by atoms with Crippen molar-refractivity contribution in [3.05, 3.63) is 53.6 Å². The summed E-state index contributed by atoms with van der Waals surface area (Å²) in [4.78, 5) is 19.3. The first-order chi connectivity index (χ1) is 12.2. The summed E-state index contributed by atoms with van der Waals surface area (Å²) >= 11 is 0. The van der Waals surface area contributed by atoms with Crippen LogP contribution in [0.4, 0.5) is 0 Å². The van der Waals surface area contributed by atoms with Gasteiger partial charge in [-0.1, -0.05) is 30.3 Å². The maximum absolute atomic E-state index is 12.7. The zero-order valence-electron chi connectivity index (χ0n) is 14.7. The first kappa shape index (κ1) is 16.3. The molecule has 1 saturated heterocycles. The van der Waals surface area contributed by atoms with Crippen LogP contribution in [0.5, 0.6) is 0 Å². The summed E-state index contributed by atoms with van der Waals surface area (Å²) in [6.45, 7) is 5.06. The van der Waals surface area contributed by atoms with Gasteiger partial charge in [0, 0.05) is 31.8 Å². The van der Waals surface area contributed by atoms with Crippen molar-refractivity contribution in [2.75, 3.05) is 13.2 Å². The van der Waals surface area contributed by atoms with Crippen molar-refractivity contribution in [3.63, 3.8) is 0 Å². The Hall–Kier alpha value is -2.14. The van der Waals surface area contributed by atoms with Crippen molar-refractivity contribution in [2.45, 2.75) is 45.4 Å². The highest BCUT2D eigenvalue weighted by molar-refractivity contribution is 5.79. The number of imidazole rings is 1. The van der Waals surface area contributed by atoms with E-state index in [0.29, 0.717) is 13.2 Å². The molecule has 2 aliphatic rings. The highest BCUT2D eigenvalue weighted by atomic mass is 16.5. The molecule has 1 fully saturated rings. The number of rotatable bonds is 4. The van der Waals surface area contributed by atoms with Gasteiger partial charge < -0.3 is 14.2 Å². The highest BCUT2D eigenvalue weighted by Crippen LogP contribution is 2.26. The van der Waals surface area contributed by atoms with Gasteiger partial charge in [-0.2, -0.15) is 0 Å². The van der Waals surface area contributed by atoms with Gasteiger partial charge in [-0.15, -0.1) is 0 Å². The van der Waals surface area contributed by atoms with Crippen LogP contribution in [-0.2, 0) is 35.5 Å². The molecule has 1 aromatic carbocycles. The third-order valence-electron chi connectivity index (χ3n) is 5.48. The fraction of sp³-hybridized carbons (Fsp3) is 0.500. The second-order valence-electron chi connectivity index (χ2n) is 7.05. The molecule has 2 aromatic rings.